The molecule has 1 heterocycles. The summed E-state index contributed by atoms with van der Waals surface area (Å²) >= 11 is 11.5. The van der Waals surface area contributed by atoms with Crippen molar-refractivity contribution >= 4 is 29.0 Å². The van der Waals surface area contributed by atoms with Crippen LogP contribution in [0.2, 0.25) is 10.4 Å². The Bertz CT molecular complexity index is 339. The molecule has 1 saturated carbocycles. The molecule has 1 aromatic rings. The van der Waals surface area contributed by atoms with E-state index in [0.717, 1.165) is 12.8 Å². The molecule has 0 bridgehead atoms. The number of halogens is 2. The van der Waals surface area contributed by atoms with E-state index in [1.54, 1.807) is 0 Å². The van der Waals surface area contributed by atoms with Crippen LogP contribution in [-0.4, -0.2) is 21.2 Å². The van der Waals surface area contributed by atoms with Gasteiger partial charge in [-0.25, -0.2) is 0 Å². The van der Waals surface area contributed by atoms with E-state index in [0.29, 0.717) is 11.9 Å². The molecule has 0 saturated heterocycles. The van der Waals surface area contributed by atoms with Gasteiger partial charge in [0, 0.05) is 6.04 Å². The summed E-state index contributed by atoms with van der Waals surface area (Å²) in [5.41, 5.74) is 0. The first-order chi connectivity index (χ1) is 7.25. The Morgan fingerprint density at radius 3 is 2.53 bits per heavy atom. The largest absolute Gasteiger partial charge is 0.365 e. The zero-order valence-corrected chi connectivity index (χ0v) is 9.72. The molecule has 2 rings (SSSR count). The predicted octanol–water partition coefficient (Wildman–Crippen LogP) is 2.92. The van der Waals surface area contributed by atoms with Crippen molar-refractivity contribution in [1.82, 2.24) is 15.2 Å². The van der Waals surface area contributed by atoms with Gasteiger partial charge in [-0.2, -0.15) is 4.98 Å². The average Bonchev–Trinajstić information content (AvgIpc) is 2.25. The Balaban J connectivity index is 2.05. The van der Waals surface area contributed by atoms with E-state index in [1.807, 2.05) is 0 Å². The monoisotopic (exact) mass is 246 g/mol. The van der Waals surface area contributed by atoms with Crippen LogP contribution in [0.1, 0.15) is 32.1 Å². The molecule has 15 heavy (non-hydrogen) atoms. The third-order valence-electron chi connectivity index (χ3n) is 2.57. The SMILES string of the molecule is Clc1nnc(Cl)c(NC2CCCCC2)n1. The molecule has 0 aromatic carbocycles. The van der Waals surface area contributed by atoms with Gasteiger partial charge in [-0.3, -0.25) is 0 Å². The zero-order chi connectivity index (χ0) is 10.7. The van der Waals surface area contributed by atoms with Gasteiger partial charge >= 0.3 is 0 Å². The lowest BCUT2D eigenvalue weighted by Crippen LogP contribution is -2.23. The number of aromatic nitrogens is 3. The number of rotatable bonds is 2. The van der Waals surface area contributed by atoms with Gasteiger partial charge in [-0.15, -0.1) is 10.2 Å². The standard InChI is InChI=1S/C9H12Cl2N4/c10-7-8(13-9(11)15-14-7)12-6-4-2-1-3-5-6/h6H,1-5H2,(H,12,13,15). The first-order valence-corrected chi connectivity index (χ1v) is 5.83. The Morgan fingerprint density at radius 2 is 1.80 bits per heavy atom. The molecule has 1 N–H and O–H groups in total. The van der Waals surface area contributed by atoms with E-state index in [9.17, 15) is 0 Å². The quantitative estimate of drug-likeness (QED) is 0.872. The highest BCUT2D eigenvalue weighted by Gasteiger charge is 2.15. The molecular formula is C9H12Cl2N4. The summed E-state index contributed by atoms with van der Waals surface area (Å²) in [6.07, 6.45) is 6.12. The predicted molar refractivity (Wildman–Crippen MR) is 60.3 cm³/mol. The molecule has 1 fully saturated rings. The Morgan fingerprint density at radius 1 is 1.07 bits per heavy atom. The lowest BCUT2D eigenvalue weighted by atomic mass is 9.96. The van der Waals surface area contributed by atoms with E-state index in [4.69, 9.17) is 23.2 Å². The first-order valence-electron chi connectivity index (χ1n) is 5.08. The number of hydrogen-bond donors (Lipinski definition) is 1. The van der Waals surface area contributed by atoms with Crippen LogP contribution in [0.15, 0.2) is 0 Å². The minimum Gasteiger partial charge on any atom is -0.365 e. The summed E-state index contributed by atoms with van der Waals surface area (Å²) in [7, 11) is 0. The van der Waals surface area contributed by atoms with Crippen LogP contribution in [0.25, 0.3) is 0 Å². The van der Waals surface area contributed by atoms with Gasteiger partial charge in [0.2, 0.25) is 5.28 Å². The van der Waals surface area contributed by atoms with Crippen LogP contribution in [-0.2, 0) is 0 Å². The van der Waals surface area contributed by atoms with Crippen LogP contribution < -0.4 is 5.32 Å². The average molecular weight is 247 g/mol. The fraction of sp³-hybridized carbons (Fsp3) is 0.667. The van der Waals surface area contributed by atoms with Gasteiger partial charge in [0.1, 0.15) is 0 Å². The summed E-state index contributed by atoms with van der Waals surface area (Å²) in [6, 6.07) is 0.434. The van der Waals surface area contributed by atoms with Gasteiger partial charge in [0.05, 0.1) is 0 Å². The van der Waals surface area contributed by atoms with Gasteiger partial charge in [-0.05, 0) is 24.4 Å². The number of hydrogen-bond acceptors (Lipinski definition) is 4. The Kier molecular flexibility index (Phi) is 3.59. The maximum Gasteiger partial charge on any atom is 0.245 e. The molecule has 1 aliphatic rings. The molecule has 6 heteroatoms. The maximum absolute atomic E-state index is 5.86. The van der Waals surface area contributed by atoms with Crippen molar-refractivity contribution in [2.24, 2.45) is 0 Å². The molecule has 1 aliphatic carbocycles. The van der Waals surface area contributed by atoms with Gasteiger partial charge in [0.15, 0.2) is 11.0 Å². The summed E-state index contributed by atoms with van der Waals surface area (Å²) < 4.78 is 0. The van der Waals surface area contributed by atoms with Crippen LogP contribution in [0, 0.1) is 0 Å². The molecule has 0 amide bonds. The van der Waals surface area contributed by atoms with Crippen molar-refractivity contribution < 1.29 is 0 Å². The fourth-order valence-electron chi connectivity index (χ4n) is 1.83. The molecule has 0 spiro atoms. The summed E-state index contributed by atoms with van der Waals surface area (Å²) in [5.74, 6) is 0.545. The third-order valence-corrected chi connectivity index (χ3v) is 2.98. The molecule has 0 radical (unpaired) electrons. The summed E-state index contributed by atoms with van der Waals surface area (Å²) in [6.45, 7) is 0. The van der Waals surface area contributed by atoms with Crippen molar-refractivity contribution in [2.75, 3.05) is 5.32 Å². The van der Waals surface area contributed by atoms with Crippen molar-refractivity contribution in [3.8, 4) is 0 Å². The van der Waals surface area contributed by atoms with E-state index < -0.39 is 0 Å². The van der Waals surface area contributed by atoms with Gasteiger partial charge in [-0.1, -0.05) is 30.9 Å². The molecule has 4 nitrogen and oxygen atoms in total. The number of nitrogens with one attached hydrogen (secondary N) is 1. The minimum absolute atomic E-state index is 0.123. The molecule has 82 valence electrons. The van der Waals surface area contributed by atoms with Crippen molar-refractivity contribution in [2.45, 2.75) is 38.1 Å². The maximum atomic E-state index is 5.86. The highest BCUT2D eigenvalue weighted by Crippen LogP contribution is 2.24. The Labute approximate surface area is 98.4 Å². The second kappa shape index (κ2) is 4.94. The summed E-state index contributed by atoms with van der Waals surface area (Å²) in [5, 5.41) is 10.9. The van der Waals surface area contributed by atoms with Crippen LogP contribution >= 0.6 is 23.2 Å². The molecular weight excluding hydrogens is 235 g/mol. The summed E-state index contributed by atoms with van der Waals surface area (Å²) in [4.78, 5) is 4.02. The highest BCUT2D eigenvalue weighted by molar-refractivity contribution is 6.32. The van der Waals surface area contributed by atoms with Gasteiger partial charge in [0.25, 0.3) is 0 Å². The van der Waals surface area contributed by atoms with Crippen molar-refractivity contribution in [3.05, 3.63) is 10.4 Å². The van der Waals surface area contributed by atoms with E-state index in [2.05, 4.69) is 20.5 Å². The molecule has 0 aliphatic heterocycles. The molecule has 0 unspecified atom stereocenters. The van der Waals surface area contributed by atoms with Crippen LogP contribution in [0.5, 0.6) is 0 Å². The first kappa shape index (κ1) is 10.9. The molecule has 0 atom stereocenters. The fourth-order valence-corrected chi connectivity index (χ4v) is 2.08. The second-order valence-corrected chi connectivity index (χ2v) is 4.40. The van der Waals surface area contributed by atoms with E-state index >= 15 is 0 Å². The normalized spacial score (nSPS) is 17.7. The lowest BCUT2D eigenvalue weighted by molar-refractivity contribution is 0.461. The van der Waals surface area contributed by atoms with Crippen molar-refractivity contribution in [3.63, 3.8) is 0 Å². The zero-order valence-electron chi connectivity index (χ0n) is 8.21. The second-order valence-electron chi connectivity index (χ2n) is 3.70. The highest BCUT2D eigenvalue weighted by atomic mass is 35.5. The lowest BCUT2D eigenvalue weighted by Gasteiger charge is -2.23. The van der Waals surface area contributed by atoms with Crippen LogP contribution in [0.3, 0.4) is 0 Å². The number of nitrogens with zero attached hydrogens (tertiary/aromatic N) is 3. The van der Waals surface area contributed by atoms with Crippen molar-refractivity contribution in [1.29, 1.82) is 0 Å². The Hall–Kier alpha value is -0.610. The van der Waals surface area contributed by atoms with Gasteiger partial charge < -0.3 is 5.32 Å². The minimum atomic E-state index is 0.123. The number of anilines is 1. The van der Waals surface area contributed by atoms with E-state index in [-0.39, 0.29) is 10.4 Å². The third kappa shape index (κ3) is 2.92. The van der Waals surface area contributed by atoms with E-state index in [1.165, 1.54) is 19.3 Å². The smallest absolute Gasteiger partial charge is 0.245 e. The van der Waals surface area contributed by atoms with Crippen LogP contribution in [0.4, 0.5) is 5.82 Å². The molecule has 1 aromatic heterocycles. The topological polar surface area (TPSA) is 50.7 Å².